The van der Waals surface area contributed by atoms with Gasteiger partial charge in [-0.3, -0.25) is 4.79 Å². The van der Waals surface area contributed by atoms with Crippen LogP contribution < -0.4 is 0 Å². The van der Waals surface area contributed by atoms with Crippen LogP contribution in [0.5, 0.6) is 0 Å². The molecule has 10 heteroatoms. The molecule has 1 aliphatic heterocycles. The van der Waals surface area contributed by atoms with Crippen molar-refractivity contribution in [3.63, 3.8) is 0 Å². The topological polar surface area (TPSA) is 90.0 Å². The van der Waals surface area contributed by atoms with Crippen molar-refractivity contribution in [1.29, 1.82) is 0 Å². The molecular formula is C21H21Cl2NO6S. The van der Waals surface area contributed by atoms with Gasteiger partial charge >= 0.3 is 5.97 Å². The lowest BCUT2D eigenvalue weighted by atomic mass is 10.1. The molecule has 0 amide bonds. The summed E-state index contributed by atoms with van der Waals surface area (Å²) < 4.78 is 38.0. The average Bonchev–Trinajstić information content (AvgIpc) is 2.72. The fourth-order valence-electron chi connectivity index (χ4n) is 3.26. The molecule has 1 saturated heterocycles. The van der Waals surface area contributed by atoms with E-state index in [1.807, 2.05) is 0 Å². The monoisotopic (exact) mass is 485 g/mol. The van der Waals surface area contributed by atoms with Crippen LogP contribution in [0.1, 0.15) is 34.6 Å². The predicted octanol–water partition coefficient (Wildman–Crippen LogP) is 3.83. The third kappa shape index (κ3) is 5.64. The molecule has 7 nitrogen and oxygen atoms in total. The van der Waals surface area contributed by atoms with Gasteiger partial charge < -0.3 is 9.47 Å². The van der Waals surface area contributed by atoms with E-state index in [-0.39, 0.29) is 46.3 Å². The standard InChI is InChI=1S/C21H21Cl2NO6S/c1-13-10-24(11-14(2)30-13)31(27,28)17-5-3-4-15(8-17)21(26)29-12-20(25)18-9-16(22)6-7-19(18)23/h3-9,13-14H,10-12H2,1-2H3. The van der Waals surface area contributed by atoms with Gasteiger partial charge in [0.1, 0.15) is 0 Å². The summed E-state index contributed by atoms with van der Waals surface area (Å²) in [6.07, 6.45) is -0.480. The van der Waals surface area contributed by atoms with Crippen molar-refractivity contribution < 1.29 is 27.5 Å². The molecule has 2 unspecified atom stereocenters. The van der Waals surface area contributed by atoms with Crippen molar-refractivity contribution in [3.8, 4) is 0 Å². The van der Waals surface area contributed by atoms with Crippen molar-refractivity contribution in [2.24, 2.45) is 0 Å². The molecule has 31 heavy (non-hydrogen) atoms. The maximum Gasteiger partial charge on any atom is 0.338 e. The van der Waals surface area contributed by atoms with Gasteiger partial charge in [-0.15, -0.1) is 0 Å². The first-order valence-electron chi connectivity index (χ1n) is 9.49. The summed E-state index contributed by atoms with van der Waals surface area (Å²) in [5.74, 6) is -1.35. The van der Waals surface area contributed by atoms with Gasteiger partial charge in [0.15, 0.2) is 6.61 Å². The number of carbonyl (C=O) groups excluding carboxylic acids is 2. The van der Waals surface area contributed by atoms with Crippen LogP contribution >= 0.6 is 23.2 Å². The van der Waals surface area contributed by atoms with Gasteiger partial charge in [-0.1, -0.05) is 29.3 Å². The Bertz CT molecular complexity index is 1090. The zero-order valence-electron chi connectivity index (χ0n) is 16.9. The van der Waals surface area contributed by atoms with E-state index in [9.17, 15) is 18.0 Å². The Balaban J connectivity index is 1.73. The Hall–Kier alpha value is -1.97. The highest BCUT2D eigenvalue weighted by atomic mass is 35.5. The third-order valence-electron chi connectivity index (χ3n) is 4.66. The lowest BCUT2D eigenvalue weighted by Gasteiger charge is -2.34. The Kier molecular flexibility index (Phi) is 7.39. The molecule has 0 saturated carbocycles. The van der Waals surface area contributed by atoms with Crippen molar-refractivity contribution in [2.75, 3.05) is 19.7 Å². The summed E-state index contributed by atoms with van der Waals surface area (Å²) in [6, 6.07) is 9.91. The van der Waals surface area contributed by atoms with Crippen LogP contribution in [-0.2, 0) is 19.5 Å². The van der Waals surface area contributed by atoms with Gasteiger partial charge in [-0.2, -0.15) is 4.31 Å². The van der Waals surface area contributed by atoms with Crippen LogP contribution in [0.2, 0.25) is 10.0 Å². The number of rotatable bonds is 6. The summed E-state index contributed by atoms with van der Waals surface area (Å²) in [4.78, 5) is 24.7. The van der Waals surface area contributed by atoms with Crippen molar-refractivity contribution in [1.82, 2.24) is 4.31 Å². The van der Waals surface area contributed by atoms with Crippen LogP contribution in [0.15, 0.2) is 47.4 Å². The minimum Gasteiger partial charge on any atom is -0.454 e. The highest BCUT2D eigenvalue weighted by Gasteiger charge is 2.32. The van der Waals surface area contributed by atoms with Crippen molar-refractivity contribution >= 4 is 45.0 Å². The molecule has 2 aromatic carbocycles. The minimum absolute atomic E-state index is 0.0143. The molecule has 1 heterocycles. The smallest absolute Gasteiger partial charge is 0.338 e. The van der Waals surface area contributed by atoms with Crippen LogP contribution in [0.3, 0.4) is 0 Å². The van der Waals surface area contributed by atoms with E-state index in [1.54, 1.807) is 13.8 Å². The maximum atomic E-state index is 13.0. The first kappa shape index (κ1) is 23.7. The molecule has 0 radical (unpaired) electrons. The number of Topliss-reactive ketones (excluding diaryl/α,β-unsaturated/α-hetero) is 1. The highest BCUT2D eigenvalue weighted by Crippen LogP contribution is 2.23. The second-order valence-electron chi connectivity index (χ2n) is 7.23. The summed E-state index contributed by atoms with van der Waals surface area (Å²) in [5, 5.41) is 0.510. The Labute approximate surface area is 190 Å². The van der Waals surface area contributed by atoms with E-state index < -0.39 is 28.4 Å². The number of sulfonamides is 1. The number of benzene rings is 2. The summed E-state index contributed by atoms with van der Waals surface area (Å²) in [7, 11) is -3.82. The third-order valence-corrected chi connectivity index (χ3v) is 7.05. The number of nitrogens with zero attached hydrogens (tertiary/aromatic N) is 1. The van der Waals surface area contributed by atoms with E-state index in [0.717, 1.165) is 0 Å². The Morgan fingerprint density at radius 2 is 1.77 bits per heavy atom. The fourth-order valence-corrected chi connectivity index (χ4v) is 5.29. The molecule has 1 aliphatic rings. The molecule has 0 bridgehead atoms. The number of carbonyl (C=O) groups is 2. The largest absolute Gasteiger partial charge is 0.454 e. The van der Waals surface area contributed by atoms with Gasteiger partial charge in [-0.25, -0.2) is 13.2 Å². The van der Waals surface area contributed by atoms with Crippen LogP contribution in [0, 0.1) is 0 Å². The molecule has 3 rings (SSSR count). The van der Waals surface area contributed by atoms with Gasteiger partial charge in [-0.05, 0) is 50.2 Å². The van der Waals surface area contributed by atoms with Gasteiger partial charge in [0.05, 0.1) is 27.7 Å². The summed E-state index contributed by atoms with van der Waals surface area (Å²) in [6.45, 7) is 3.48. The number of hydrogen-bond donors (Lipinski definition) is 0. The lowest BCUT2D eigenvalue weighted by molar-refractivity contribution is -0.0440. The Morgan fingerprint density at radius 3 is 2.45 bits per heavy atom. The zero-order valence-corrected chi connectivity index (χ0v) is 19.2. The zero-order chi connectivity index (χ0) is 22.8. The first-order valence-corrected chi connectivity index (χ1v) is 11.7. The average molecular weight is 486 g/mol. The molecule has 0 N–H and O–H groups in total. The highest BCUT2D eigenvalue weighted by molar-refractivity contribution is 7.89. The SMILES string of the molecule is CC1CN(S(=O)(=O)c2cccc(C(=O)OCC(=O)c3cc(Cl)ccc3Cl)c2)CC(C)O1. The van der Waals surface area contributed by atoms with Crippen LogP contribution in [0.25, 0.3) is 0 Å². The van der Waals surface area contributed by atoms with Crippen molar-refractivity contribution in [3.05, 3.63) is 63.6 Å². The van der Waals surface area contributed by atoms with Crippen LogP contribution in [-0.4, -0.2) is 56.4 Å². The van der Waals surface area contributed by atoms with E-state index in [2.05, 4.69) is 0 Å². The number of ether oxygens (including phenoxy) is 2. The number of hydrogen-bond acceptors (Lipinski definition) is 6. The molecule has 0 spiro atoms. The van der Waals surface area contributed by atoms with E-state index in [0.29, 0.717) is 5.02 Å². The number of morpholine rings is 1. The molecule has 1 fully saturated rings. The van der Waals surface area contributed by atoms with E-state index in [4.69, 9.17) is 32.7 Å². The quantitative estimate of drug-likeness (QED) is 0.456. The number of ketones is 1. The molecule has 2 aromatic rings. The minimum atomic E-state index is -3.82. The lowest BCUT2D eigenvalue weighted by Crippen LogP contribution is -2.48. The predicted molar refractivity (Wildman–Crippen MR) is 116 cm³/mol. The first-order chi connectivity index (χ1) is 14.6. The second-order valence-corrected chi connectivity index (χ2v) is 10.0. The summed E-state index contributed by atoms with van der Waals surface area (Å²) in [5.41, 5.74) is 0.147. The summed E-state index contributed by atoms with van der Waals surface area (Å²) >= 11 is 11.9. The number of halogens is 2. The second kappa shape index (κ2) is 9.67. The van der Waals surface area contributed by atoms with Crippen LogP contribution in [0.4, 0.5) is 0 Å². The van der Waals surface area contributed by atoms with Gasteiger partial charge in [0, 0.05) is 23.7 Å². The normalized spacial score (nSPS) is 19.7. The van der Waals surface area contributed by atoms with Gasteiger partial charge in [0.25, 0.3) is 0 Å². The molecule has 166 valence electrons. The maximum absolute atomic E-state index is 13.0. The van der Waals surface area contributed by atoms with E-state index >= 15 is 0 Å². The van der Waals surface area contributed by atoms with E-state index in [1.165, 1.54) is 46.8 Å². The van der Waals surface area contributed by atoms with Gasteiger partial charge in [0.2, 0.25) is 15.8 Å². The Morgan fingerprint density at radius 1 is 1.10 bits per heavy atom. The molecule has 0 aromatic heterocycles. The molecule has 2 atom stereocenters. The fraction of sp³-hybridized carbons (Fsp3) is 0.333. The number of esters is 1. The molecular weight excluding hydrogens is 465 g/mol. The van der Waals surface area contributed by atoms with Crippen molar-refractivity contribution in [2.45, 2.75) is 31.0 Å². The molecule has 0 aliphatic carbocycles.